The fraction of sp³-hybridized carbons (Fsp3) is 0.286. The van der Waals surface area contributed by atoms with E-state index in [4.69, 9.17) is 0 Å². The Morgan fingerprint density at radius 1 is 0.963 bits per heavy atom. The Labute approximate surface area is 156 Å². The van der Waals surface area contributed by atoms with Crippen molar-refractivity contribution in [1.29, 1.82) is 0 Å². The van der Waals surface area contributed by atoms with E-state index in [1.807, 2.05) is 17.0 Å². The first-order valence-electron chi connectivity index (χ1n) is 9.02. The van der Waals surface area contributed by atoms with Crippen molar-refractivity contribution in [2.75, 3.05) is 26.2 Å². The standard InChI is InChI=1S/C21H21F2N3O/c1-24-19-13-18(23)6-5-16(19)12-20(24)21(27)26-9-7-25(8-10-26)14-15-3-2-4-17(22)11-15/h2-6,11-13H,7-10,14H2,1H3. The summed E-state index contributed by atoms with van der Waals surface area (Å²) in [6.45, 7) is 3.38. The number of rotatable bonds is 3. The van der Waals surface area contributed by atoms with Crippen molar-refractivity contribution in [1.82, 2.24) is 14.4 Å². The highest BCUT2D eigenvalue weighted by atomic mass is 19.1. The van der Waals surface area contributed by atoms with Gasteiger partial charge in [0.25, 0.3) is 5.91 Å². The Hall–Kier alpha value is -2.73. The average molecular weight is 369 g/mol. The molecule has 4 rings (SSSR count). The predicted octanol–water partition coefficient (Wildman–Crippen LogP) is 3.41. The minimum Gasteiger partial charge on any atom is -0.340 e. The third-order valence-electron chi connectivity index (χ3n) is 5.18. The fourth-order valence-corrected chi connectivity index (χ4v) is 3.67. The van der Waals surface area contributed by atoms with Gasteiger partial charge in [0, 0.05) is 45.2 Å². The number of hydrogen-bond donors (Lipinski definition) is 0. The summed E-state index contributed by atoms with van der Waals surface area (Å²) in [5.74, 6) is -0.582. The first-order valence-corrected chi connectivity index (χ1v) is 9.02. The van der Waals surface area contributed by atoms with Crippen molar-refractivity contribution in [3.63, 3.8) is 0 Å². The van der Waals surface area contributed by atoms with Crippen LogP contribution in [0.5, 0.6) is 0 Å². The number of carbonyl (C=O) groups excluding carboxylic acids is 1. The van der Waals surface area contributed by atoms with Crippen LogP contribution in [0.15, 0.2) is 48.5 Å². The van der Waals surface area contributed by atoms with Crippen molar-refractivity contribution in [3.05, 3.63) is 71.4 Å². The molecule has 1 saturated heterocycles. The van der Waals surface area contributed by atoms with Gasteiger partial charge in [0.1, 0.15) is 17.3 Å². The van der Waals surface area contributed by atoms with Crippen LogP contribution in [0.1, 0.15) is 16.1 Å². The molecule has 1 aliphatic rings. The summed E-state index contributed by atoms with van der Waals surface area (Å²) >= 11 is 0. The van der Waals surface area contributed by atoms with Crippen LogP contribution in [0.4, 0.5) is 8.78 Å². The van der Waals surface area contributed by atoms with Crippen LogP contribution in [-0.4, -0.2) is 46.5 Å². The van der Waals surface area contributed by atoms with E-state index in [0.29, 0.717) is 30.8 Å². The zero-order chi connectivity index (χ0) is 19.0. The number of aryl methyl sites for hydroxylation is 1. The molecule has 0 aliphatic carbocycles. The van der Waals surface area contributed by atoms with Crippen molar-refractivity contribution in [2.24, 2.45) is 7.05 Å². The van der Waals surface area contributed by atoms with E-state index in [-0.39, 0.29) is 17.5 Å². The van der Waals surface area contributed by atoms with Gasteiger partial charge in [-0.25, -0.2) is 8.78 Å². The van der Waals surface area contributed by atoms with Gasteiger partial charge in [-0.3, -0.25) is 9.69 Å². The topological polar surface area (TPSA) is 28.5 Å². The Morgan fingerprint density at radius 2 is 1.70 bits per heavy atom. The van der Waals surface area contributed by atoms with E-state index in [1.165, 1.54) is 18.2 Å². The van der Waals surface area contributed by atoms with Gasteiger partial charge in [0.2, 0.25) is 0 Å². The summed E-state index contributed by atoms with van der Waals surface area (Å²) in [6.07, 6.45) is 0. The number of hydrogen-bond acceptors (Lipinski definition) is 2. The molecule has 6 heteroatoms. The molecular weight excluding hydrogens is 348 g/mol. The van der Waals surface area contributed by atoms with Gasteiger partial charge in [-0.2, -0.15) is 0 Å². The Kier molecular flexibility index (Phi) is 4.66. The highest BCUT2D eigenvalue weighted by Gasteiger charge is 2.24. The third-order valence-corrected chi connectivity index (χ3v) is 5.18. The molecule has 1 aliphatic heterocycles. The van der Waals surface area contributed by atoms with Crippen LogP contribution in [0.25, 0.3) is 10.9 Å². The van der Waals surface area contributed by atoms with Gasteiger partial charge < -0.3 is 9.47 Å². The molecular formula is C21H21F2N3O. The average Bonchev–Trinajstić information content (AvgIpc) is 2.98. The van der Waals surface area contributed by atoms with E-state index in [9.17, 15) is 13.6 Å². The highest BCUT2D eigenvalue weighted by Crippen LogP contribution is 2.21. The van der Waals surface area contributed by atoms with Crippen LogP contribution < -0.4 is 0 Å². The Balaban J connectivity index is 1.43. The lowest BCUT2D eigenvalue weighted by atomic mass is 10.2. The van der Waals surface area contributed by atoms with E-state index in [1.54, 1.807) is 29.8 Å². The SMILES string of the molecule is Cn1c(C(=O)N2CCN(Cc3cccc(F)c3)CC2)cc2ccc(F)cc21. The predicted molar refractivity (Wildman–Crippen MR) is 100 cm³/mol. The zero-order valence-corrected chi connectivity index (χ0v) is 15.2. The minimum atomic E-state index is -0.311. The number of benzene rings is 2. The molecule has 0 N–H and O–H groups in total. The second kappa shape index (κ2) is 7.12. The van der Waals surface area contributed by atoms with Gasteiger partial charge in [0.05, 0.1) is 5.52 Å². The van der Waals surface area contributed by atoms with Crippen LogP contribution in [0.3, 0.4) is 0 Å². The van der Waals surface area contributed by atoms with Gasteiger partial charge in [0.15, 0.2) is 0 Å². The molecule has 0 unspecified atom stereocenters. The van der Waals surface area contributed by atoms with E-state index < -0.39 is 0 Å². The van der Waals surface area contributed by atoms with E-state index in [2.05, 4.69) is 4.90 Å². The Bertz CT molecular complexity index is 990. The number of carbonyl (C=O) groups is 1. The lowest BCUT2D eigenvalue weighted by Gasteiger charge is -2.34. The second-order valence-corrected chi connectivity index (χ2v) is 6.99. The Morgan fingerprint density at radius 3 is 2.44 bits per heavy atom. The van der Waals surface area contributed by atoms with Gasteiger partial charge >= 0.3 is 0 Å². The molecule has 0 radical (unpaired) electrons. The molecule has 4 nitrogen and oxygen atoms in total. The molecule has 0 bridgehead atoms. The molecule has 2 aromatic carbocycles. The maximum atomic E-state index is 13.5. The zero-order valence-electron chi connectivity index (χ0n) is 15.2. The molecule has 3 aromatic rings. The molecule has 1 aromatic heterocycles. The number of piperazine rings is 1. The molecule has 0 atom stereocenters. The van der Waals surface area contributed by atoms with Gasteiger partial charge in [-0.15, -0.1) is 0 Å². The minimum absolute atomic E-state index is 0.0421. The van der Waals surface area contributed by atoms with Crippen LogP contribution >= 0.6 is 0 Å². The molecule has 140 valence electrons. The molecule has 2 heterocycles. The fourth-order valence-electron chi connectivity index (χ4n) is 3.67. The maximum Gasteiger partial charge on any atom is 0.270 e. The lowest BCUT2D eigenvalue weighted by molar-refractivity contribution is 0.0619. The summed E-state index contributed by atoms with van der Waals surface area (Å²) in [5.41, 5.74) is 2.21. The van der Waals surface area contributed by atoms with Crippen molar-refractivity contribution >= 4 is 16.8 Å². The molecule has 27 heavy (non-hydrogen) atoms. The van der Waals surface area contributed by atoms with Crippen LogP contribution in [-0.2, 0) is 13.6 Å². The quantitative estimate of drug-likeness (QED) is 0.708. The maximum absolute atomic E-state index is 13.5. The van der Waals surface area contributed by atoms with Crippen molar-refractivity contribution in [3.8, 4) is 0 Å². The van der Waals surface area contributed by atoms with Crippen LogP contribution in [0.2, 0.25) is 0 Å². The smallest absolute Gasteiger partial charge is 0.270 e. The third kappa shape index (κ3) is 3.57. The second-order valence-electron chi connectivity index (χ2n) is 6.99. The first-order chi connectivity index (χ1) is 13.0. The van der Waals surface area contributed by atoms with Crippen molar-refractivity contribution in [2.45, 2.75) is 6.54 Å². The summed E-state index contributed by atoms with van der Waals surface area (Å²) in [5, 5.41) is 0.854. The first kappa shape index (κ1) is 17.7. The lowest BCUT2D eigenvalue weighted by Crippen LogP contribution is -2.48. The summed E-state index contributed by atoms with van der Waals surface area (Å²) in [7, 11) is 1.79. The number of nitrogens with zero attached hydrogens (tertiary/aromatic N) is 3. The van der Waals surface area contributed by atoms with Gasteiger partial charge in [-0.05, 0) is 42.0 Å². The summed E-state index contributed by atoms with van der Waals surface area (Å²) < 4.78 is 28.6. The van der Waals surface area contributed by atoms with Gasteiger partial charge in [-0.1, -0.05) is 12.1 Å². The molecule has 1 fully saturated rings. The van der Waals surface area contributed by atoms with E-state index >= 15 is 0 Å². The molecule has 1 amide bonds. The summed E-state index contributed by atoms with van der Waals surface area (Å²) in [4.78, 5) is 17.0. The van der Waals surface area contributed by atoms with E-state index in [0.717, 1.165) is 24.0 Å². The molecule has 0 saturated carbocycles. The van der Waals surface area contributed by atoms with Crippen molar-refractivity contribution < 1.29 is 13.6 Å². The number of halogens is 2. The summed E-state index contributed by atoms with van der Waals surface area (Å²) in [6, 6.07) is 13.0. The number of aromatic nitrogens is 1. The normalized spacial score (nSPS) is 15.4. The largest absolute Gasteiger partial charge is 0.340 e. The highest BCUT2D eigenvalue weighted by molar-refractivity contribution is 5.98. The number of amides is 1. The molecule has 0 spiro atoms. The monoisotopic (exact) mass is 369 g/mol. The number of fused-ring (bicyclic) bond motifs is 1. The van der Waals surface area contributed by atoms with Crippen LogP contribution in [0, 0.1) is 11.6 Å².